The van der Waals surface area contributed by atoms with Crippen LogP contribution in [0.15, 0.2) is 25.3 Å². The van der Waals surface area contributed by atoms with Gasteiger partial charge in [-0.3, -0.25) is 19.2 Å². The molecule has 0 aliphatic heterocycles. The largest absolute Gasteiger partial charge is 0.332 e. The minimum absolute atomic E-state index is 0.0867. The van der Waals surface area contributed by atoms with E-state index in [9.17, 15) is 19.2 Å². The number of rotatable bonds is 11. The highest BCUT2D eigenvalue weighted by Gasteiger charge is 2.53. The Bertz CT molecular complexity index is 593. The Morgan fingerprint density at radius 2 is 1.41 bits per heavy atom. The fraction of sp³-hybridized carbons (Fsp3) is 0.692. The van der Waals surface area contributed by atoms with Gasteiger partial charge in [0.25, 0.3) is 0 Å². The number of hydrogen-bond donors (Lipinski definition) is 0. The van der Waals surface area contributed by atoms with Crippen LogP contribution in [-0.4, -0.2) is 58.4 Å². The molecule has 0 atom stereocenters. The molecule has 1 rings (SSSR count). The van der Waals surface area contributed by atoms with Crippen LogP contribution in [0.3, 0.4) is 0 Å². The summed E-state index contributed by atoms with van der Waals surface area (Å²) >= 11 is 0. The van der Waals surface area contributed by atoms with Crippen molar-refractivity contribution < 1.29 is 19.2 Å². The average molecular weight is 453 g/mol. The molecule has 0 spiro atoms. The standard InChI is InChI=1S/C12H19NO2.C10H17NO2.2C2H6/c1-5-11(15)13(8-9(2)3)12(6-7-12)10(4)14;1-4-7-11(10(13)6-3)8-9(12)5-2;2*1-2/h5,9H,1,6-8H2,2-4H3;6H,3-5,7-8H2,1-2H3;2*1-2H3. The number of ketones is 2. The first-order valence-corrected chi connectivity index (χ1v) is 12.0. The number of carbonyl (C=O) groups excluding carboxylic acids is 4. The smallest absolute Gasteiger partial charge is 0.246 e. The number of amides is 2. The first kappa shape index (κ1) is 34.4. The molecule has 0 aromatic rings. The Morgan fingerprint density at radius 3 is 1.69 bits per heavy atom. The van der Waals surface area contributed by atoms with Gasteiger partial charge < -0.3 is 9.80 Å². The van der Waals surface area contributed by atoms with Crippen LogP contribution in [0.2, 0.25) is 0 Å². The van der Waals surface area contributed by atoms with E-state index in [1.54, 1.807) is 18.7 Å². The number of carbonyl (C=O) groups is 4. The van der Waals surface area contributed by atoms with Gasteiger partial charge in [-0.15, -0.1) is 0 Å². The predicted molar refractivity (Wildman–Crippen MR) is 134 cm³/mol. The van der Waals surface area contributed by atoms with Crippen LogP contribution < -0.4 is 0 Å². The maximum Gasteiger partial charge on any atom is 0.246 e. The molecule has 0 unspecified atom stereocenters. The zero-order valence-corrected chi connectivity index (χ0v) is 22.1. The first-order chi connectivity index (χ1) is 15.1. The summed E-state index contributed by atoms with van der Waals surface area (Å²) in [4.78, 5) is 48.7. The van der Waals surface area contributed by atoms with E-state index in [1.807, 2.05) is 48.5 Å². The summed E-state index contributed by atoms with van der Waals surface area (Å²) in [6.45, 7) is 25.8. The molecule has 2 amide bonds. The second-order valence-electron chi connectivity index (χ2n) is 7.49. The quantitative estimate of drug-likeness (QED) is 0.403. The Balaban J connectivity index is -0.000000458. The molecule has 6 nitrogen and oxygen atoms in total. The summed E-state index contributed by atoms with van der Waals surface area (Å²) in [6.07, 6.45) is 5.48. The molecule has 0 saturated heterocycles. The summed E-state index contributed by atoms with van der Waals surface area (Å²) in [5.41, 5.74) is -0.504. The molecule has 1 fully saturated rings. The molecule has 0 aromatic heterocycles. The van der Waals surface area contributed by atoms with Crippen molar-refractivity contribution in [3.05, 3.63) is 25.3 Å². The van der Waals surface area contributed by atoms with Gasteiger partial charge in [-0.2, -0.15) is 0 Å². The van der Waals surface area contributed by atoms with E-state index in [0.29, 0.717) is 25.4 Å². The van der Waals surface area contributed by atoms with Crippen LogP contribution in [-0.2, 0) is 19.2 Å². The maximum atomic E-state index is 11.7. The Hall–Kier alpha value is -2.24. The highest BCUT2D eigenvalue weighted by molar-refractivity contribution is 5.97. The summed E-state index contributed by atoms with van der Waals surface area (Å²) in [5.74, 6) is 0.257. The van der Waals surface area contributed by atoms with Crippen molar-refractivity contribution in [3.8, 4) is 0 Å². The molecule has 1 aliphatic carbocycles. The molecule has 0 radical (unpaired) electrons. The van der Waals surface area contributed by atoms with Gasteiger partial charge in [-0.25, -0.2) is 0 Å². The summed E-state index contributed by atoms with van der Waals surface area (Å²) in [6, 6.07) is 0. The molecule has 6 heteroatoms. The van der Waals surface area contributed by atoms with Gasteiger partial charge >= 0.3 is 0 Å². The lowest BCUT2D eigenvalue weighted by Gasteiger charge is -2.30. The fourth-order valence-electron chi connectivity index (χ4n) is 2.87. The molecule has 0 aromatic carbocycles. The van der Waals surface area contributed by atoms with Crippen molar-refractivity contribution in [2.24, 2.45) is 5.92 Å². The van der Waals surface area contributed by atoms with E-state index in [2.05, 4.69) is 13.2 Å². The van der Waals surface area contributed by atoms with Gasteiger partial charge in [-0.1, -0.05) is 68.5 Å². The third-order valence-corrected chi connectivity index (χ3v) is 4.63. The second-order valence-corrected chi connectivity index (χ2v) is 7.49. The van der Waals surface area contributed by atoms with Crippen LogP contribution in [0.5, 0.6) is 0 Å². The van der Waals surface area contributed by atoms with Crippen molar-refractivity contribution in [3.63, 3.8) is 0 Å². The van der Waals surface area contributed by atoms with Crippen molar-refractivity contribution in [2.45, 2.75) is 93.5 Å². The fourth-order valence-corrected chi connectivity index (χ4v) is 2.87. The van der Waals surface area contributed by atoms with E-state index in [4.69, 9.17) is 0 Å². The summed E-state index contributed by atoms with van der Waals surface area (Å²) in [5, 5.41) is 0. The second kappa shape index (κ2) is 19.4. The van der Waals surface area contributed by atoms with Crippen molar-refractivity contribution in [1.29, 1.82) is 0 Å². The lowest BCUT2D eigenvalue weighted by molar-refractivity contribution is -0.137. The van der Waals surface area contributed by atoms with Gasteiger partial charge in [-0.05, 0) is 44.3 Å². The van der Waals surface area contributed by atoms with Gasteiger partial charge in [0.05, 0.1) is 6.54 Å². The maximum absolute atomic E-state index is 11.7. The Kier molecular flexibility index (Phi) is 20.9. The Labute approximate surface area is 197 Å². The zero-order chi connectivity index (χ0) is 25.9. The van der Waals surface area contributed by atoms with Crippen LogP contribution in [0.1, 0.15) is 88.0 Å². The first-order valence-electron chi connectivity index (χ1n) is 12.0. The van der Waals surface area contributed by atoms with Gasteiger partial charge in [0.1, 0.15) is 5.54 Å². The van der Waals surface area contributed by atoms with E-state index >= 15 is 0 Å². The van der Waals surface area contributed by atoms with E-state index < -0.39 is 5.54 Å². The normalized spacial score (nSPS) is 12.3. The number of nitrogens with zero attached hydrogens (tertiary/aromatic N) is 2. The summed E-state index contributed by atoms with van der Waals surface area (Å²) < 4.78 is 0. The zero-order valence-electron chi connectivity index (χ0n) is 22.1. The van der Waals surface area contributed by atoms with Crippen LogP contribution >= 0.6 is 0 Å². The molecule has 0 bridgehead atoms. The van der Waals surface area contributed by atoms with Crippen LogP contribution in [0.4, 0.5) is 0 Å². The minimum atomic E-state index is -0.504. The van der Waals surface area contributed by atoms with E-state index in [1.165, 1.54) is 17.1 Å². The molecular weight excluding hydrogens is 404 g/mol. The predicted octanol–water partition coefficient (Wildman–Crippen LogP) is 5.22. The SMILES string of the molecule is C=CC(=O)N(CC(C)C)C1(C(C)=O)CC1.C=CC(=O)N(CCC)CC(=O)CC.CC.CC. The third kappa shape index (κ3) is 12.6. The lowest BCUT2D eigenvalue weighted by atomic mass is 10.1. The monoisotopic (exact) mass is 452 g/mol. The average Bonchev–Trinajstić information content (AvgIpc) is 3.61. The molecule has 1 aliphatic rings. The van der Waals surface area contributed by atoms with Crippen LogP contribution in [0.25, 0.3) is 0 Å². The minimum Gasteiger partial charge on any atom is -0.332 e. The van der Waals surface area contributed by atoms with Gasteiger partial charge in [0, 0.05) is 19.5 Å². The molecule has 0 heterocycles. The van der Waals surface area contributed by atoms with Crippen molar-refractivity contribution in [1.82, 2.24) is 9.80 Å². The number of Topliss-reactive ketones (excluding diaryl/α,β-unsaturated/α-hetero) is 2. The van der Waals surface area contributed by atoms with E-state index in [0.717, 1.165) is 19.3 Å². The highest BCUT2D eigenvalue weighted by atomic mass is 16.2. The third-order valence-electron chi connectivity index (χ3n) is 4.63. The molecular formula is C26H48N2O4. The van der Waals surface area contributed by atoms with Gasteiger partial charge in [0.15, 0.2) is 11.6 Å². The molecule has 1 saturated carbocycles. The lowest BCUT2D eigenvalue weighted by Crippen LogP contribution is -2.47. The van der Waals surface area contributed by atoms with Crippen molar-refractivity contribution in [2.75, 3.05) is 19.6 Å². The summed E-state index contributed by atoms with van der Waals surface area (Å²) in [7, 11) is 0. The molecule has 0 N–H and O–H groups in total. The van der Waals surface area contributed by atoms with Crippen LogP contribution in [0, 0.1) is 5.92 Å². The molecule has 186 valence electrons. The van der Waals surface area contributed by atoms with Crippen molar-refractivity contribution >= 4 is 23.4 Å². The van der Waals surface area contributed by atoms with Gasteiger partial charge in [0.2, 0.25) is 11.8 Å². The molecule has 32 heavy (non-hydrogen) atoms. The number of hydrogen-bond acceptors (Lipinski definition) is 4. The highest BCUT2D eigenvalue weighted by Crippen LogP contribution is 2.43. The van der Waals surface area contributed by atoms with E-state index in [-0.39, 0.29) is 29.9 Å². The topological polar surface area (TPSA) is 74.8 Å². The Morgan fingerprint density at radius 1 is 0.938 bits per heavy atom.